The van der Waals surface area contributed by atoms with Crippen LogP contribution in [0.25, 0.3) is 5.69 Å². The van der Waals surface area contributed by atoms with Crippen LogP contribution in [0.15, 0.2) is 91.3 Å². The van der Waals surface area contributed by atoms with E-state index in [1.165, 1.54) is 6.07 Å². The molecule has 1 saturated heterocycles. The number of carbonyl (C=O) groups excluding carboxylic acids is 1. The van der Waals surface area contributed by atoms with Gasteiger partial charge in [0.25, 0.3) is 0 Å². The third-order valence-electron chi connectivity index (χ3n) is 6.38. The first-order valence-corrected chi connectivity index (χ1v) is 12.2. The molecule has 8 heteroatoms. The molecule has 0 bridgehead atoms. The molecule has 36 heavy (non-hydrogen) atoms. The predicted molar refractivity (Wildman–Crippen MR) is 142 cm³/mol. The zero-order chi connectivity index (χ0) is 25.1. The molecule has 2 atom stereocenters. The minimum Gasteiger partial charge on any atom is -0.352 e. The number of aromatic nitrogens is 2. The van der Waals surface area contributed by atoms with Crippen molar-refractivity contribution in [1.29, 1.82) is 0 Å². The first kappa shape index (κ1) is 23.7. The van der Waals surface area contributed by atoms with E-state index in [9.17, 15) is 9.18 Å². The molecule has 1 fully saturated rings. The maximum absolute atomic E-state index is 14.0. The molecule has 1 amide bonds. The molecule has 0 saturated carbocycles. The highest BCUT2D eigenvalue weighted by molar-refractivity contribution is 7.80. The first-order chi connectivity index (χ1) is 17.5. The molecule has 0 unspecified atom stereocenters. The first-order valence-electron chi connectivity index (χ1n) is 11.8. The Morgan fingerprint density at radius 1 is 1.06 bits per heavy atom. The quantitative estimate of drug-likeness (QED) is 0.337. The number of thiocarbonyl (C=S) groups is 1. The molecule has 4 aromatic rings. The minimum absolute atomic E-state index is 0.146. The average Bonchev–Trinajstić information content (AvgIpc) is 3.49. The Labute approximate surface area is 214 Å². The Kier molecular flexibility index (Phi) is 6.77. The largest absolute Gasteiger partial charge is 0.352 e. The number of halogens is 1. The fourth-order valence-electron chi connectivity index (χ4n) is 4.65. The molecule has 182 valence electrons. The van der Waals surface area contributed by atoms with Gasteiger partial charge in [-0.25, -0.2) is 4.39 Å². The fourth-order valence-corrected chi connectivity index (χ4v) is 4.99. The zero-order valence-corrected chi connectivity index (χ0v) is 20.6. The van der Waals surface area contributed by atoms with E-state index in [0.717, 1.165) is 22.6 Å². The fraction of sp³-hybridized carbons (Fsp3) is 0.179. The van der Waals surface area contributed by atoms with Crippen LogP contribution in [0.1, 0.15) is 35.5 Å². The number of nitrogens with zero attached hydrogens (tertiary/aromatic N) is 3. The highest BCUT2D eigenvalue weighted by atomic mass is 32.1. The Bertz CT molecular complexity index is 1390. The summed E-state index contributed by atoms with van der Waals surface area (Å²) in [4.78, 5) is 19.3. The van der Waals surface area contributed by atoms with Gasteiger partial charge in [-0.3, -0.25) is 9.78 Å². The number of pyridine rings is 1. The number of hydrogen-bond donors (Lipinski definition) is 2. The lowest BCUT2D eigenvalue weighted by Crippen LogP contribution is -2.33. The van der Waals surface area contributed by atoms with Gasteiger partial charge in [-0.05, 0) is 67.2 Å². The summed E-state index contributed by atoms with van der Waals surface area (Å²) in [6.07, 6.45) is 3.95. The topological polar surface area (TPSA) is 62.2 Å². The number of amides is 1. The van der Waals surface area contributed by atoms with Crippen molar-refractivity contribution in [3.63, 3.8) is 0 Å². The number of aryl methyl sites for hydroxylation is 1. The molecule has 1 aliphatic rings. The molecular weight excluding hydrogens is 473 g/mol. The smallest absolute Gasteiger partial charge is 0.226 e. The monoisotopic (exact) mass is 499 g/mol. The van der Waals surface area contributed by atoms with E-state index in [0.29, 0.717) is 11.7 Å². The van der Waals surface area contributed by atoms with Crippen LogP contribution in [0.5, 0.6) is 0 Å². The Hall–Kier alpha value is -4.04. The molecule has 5 rings (SSSR count). The van der Waals surface area contributed by atoms with Gasteiger partial charge in [-0.2, -0.15) is 0 Å². The zero-order valence-electron chi connectivity index (χ0n) is 19.8. The third-order valence-corrected chi connectivity index (χ3v) is 6.74. The van der Waals surface area contributed by atoms with Gasteiger partial charge in [0.15, 0.2) is 5.11 Å². The van der Waals surface area contributed by atoms with Crippen LogP contribution in [-0.4, -0.2) is 32.0 Å². The summed E-state index contributed by atoms with van der Waals surface area (Å²) < 4.78 is 16.2. The molecule has 2 aromatic carbocycles. The van der Waals surface area contributed by atoms with E-state index in [1.807, 2.05) is 47.5 Å². The van der Waals surface area contributed by atoms with Crippen molar-refractivity contribution >= 4 is 28.9 Å². The van der Waals surface area contributed by atoms with Crippen LogP contribution < -0.4 is 10.6 Å². The lowest BCUT2D eigenvalue weighted by Gasteiger charge is -2.29. The van der Waals surface area contributed by atoms with E-state index in [4.69, 9.17) is 12.2 Å². The van der Waals surface area contributed by atoms with E-state index < -0.39 is 5.82 Å². The van der Waals surface area contributed by atoms with Crippen molar-refractivity contribution in [3.8, 4) is 5.69 Å². The summed E-state index contributed by atoms with van der Waals surface area (Å²) in [6.45, 7) is 2.44. The summed E-state index contributed by atoms with van der Waals surface area (Å²) in [5.74, 6) is -0.745. The number of hydrogen-bond acceptors (Lipinski definition) is 3. The van der Waals surface area contributed by atoms with Crippen molar-refractivity contribution in [2.75, 3.05) is 11.9 Å². The van der Waals surface area contributed by atoms with Gasteiger partial charge in [-0.1, -0.05) is 36.4 Å². The van der Waals surface area contributed by atoms with Crippen LogP contribution >= 0.6 is 12.2 Å². The van der Waals surface area contributed by atoms with Crippen LogP contribution in [0.3, 0.4) is 0 Å². The second-order valence-electron chi connectivity index (χ2n) is 8.69. The van der Waals surface area contributed by atoms with Gasteiger partial charge < -0.3 is 20.1 Å². The number of nitrogens with one attached hydrogen (secondary N) is 2. The Morgan fingerprint density at radius 2 is 1.83 bits per heavy atom. The number of para-hydroxylation sites is 2. The summed E-state index contributed by atoms with van der Waals surface area (Å²) in [6, 6.07) is 23.8. The molecule has 0 radical (unpaired) electrons. The number of anilines is 1. The minimum atomic E-state index is -0.464. The van der Waals surface area contributed by atoms with Gasteiger partial charge >= 0.3 is 0 Å². The molecule has 0 aliphatic carbocycles. The van der Waals surface area contributed by atoms with Crippen LogP contribution in [0.2, 0.25) is 0 Å². The van der Waals surface area contributed by atoms with Crippen LogP contribution in [-0.2, 0) is 4.79 Å². The van der Waals surface area contributed by atoms with Crippen molar-refractivity contribution in [1.82, 2.24) is 19.8 Å². The van der Waals surface area contributed by atoms with Crippen molar-refractivity contribution < 1.29 is 9.18 Å². The maximum atomic E-state index is 14.0. The van der Waals surface area contributed by atoms with E-state index in [2.05, 4.69) is 45.3 Å². The highest BCUT2D eigenvalue weighted by Gasteiger charge is 2.41. The summed E-state index contributed by atoms with van der Waals surface area (Å²) in [5.41, 5.74) is 4.28. The summed E-state index contributed by atoms with van der Waals surface area (Å²) in [5, 5.41) is 6.64. The number of benzene rings is 2. The number of carbonyl (C=O) groups is 1. The van der Waals surface area contributed by atoms with Crippen LogP contribution in [0, 0.1) is 12.7 Å². The summed E-state index contributed by atoms with van der Waals surface area (Å²) in [7, 11) is 0. The van der Waals surface area contributed by atoms with Gasteiger partial charge in [0.05, 0.1) is 23.5 Å². The molecule has 1 aliphatic heterocycles. The molecule has 2 aromatic heterocycles. The Balaban J connectivity index is 1.46. The second-order valence-corrected chi connectivity index (χ2v) is 9.07. The van der Waals surface area contributed by atoms with E-state index in [1.54, 1.807) is 24.4 Å². The van der Waals surface area contributed by atoms with Crippen LogP contribution in [0.4, 0.5) is 10.1 Å². The molecular formula is C28H26FN5OS. The normalized spacial score (nSPS) is 17.2. The SMILES string of the molecule is Cc1ccccc1-n1cccc1[C@@H]1[C@@H](c2ccccn2)NC(=S)N1CCC(=O)Nc1ccccc1F. The molecule has 6 nitrogen and oxygen atoms in total. The third kappa shape index (κ3) is 4.72. The second kappa shape index (κ2) is 10.3. The van der Waals surface area contributed by atoms with Gasteiger partial charge in [-0.15, -0.1) is 0 Å². The van der Waals surface area contributed by atoms with E-state index in [-0.39, 0.29) is 30.1 Å². The molecule has 0 spiro atoms. The average molecular weight is 500 g/mol. The standard InChI is InChI=1S/C28H26FN5OS/c1-19-9-2-5-13-23(19)33-17-8-14-24(33)27-26(22-12-6-7-16-30-22)32-28(36)34(27)18-15-25(35)31-21-11-4-3-10-20(21)29/h2-14,16-17,26-27H,15,18H2,1H3,(H,31,35)(H,32,36)/t26-,27-/m1/s1. The summed E-state index contributed by atoms with van der Waals surface area (Å²) >= 11 is 5.74. The lowest BCUT2D eigenvalue weighted by molar-refractivity contribution is -0.116. The van der Waals surface area contributed by atoms with Gasteiger partial charge in [0.2, 0.25) is 5.91 Å². The van der Waals surface area contributed by atoms with Gasteiger partial charge in [0.1, 0.15) is 5.82 Å². The molecule has 3 heterocycles. The maximum Gasteiger partial charge on any atom is 0.226 e. The van der Waals surface area contributed by atoms with Gasteiger partial charge in [0, 0.05) is 36.7 Å². The molecule has 2 N–H and O–H groups in total. The Morgan fingerprint density at radius 3 is 2.61 bits per heavy atom. The number of rotatable bonds is 7. The van der Waals surface area contributed by atoms with Crippen molar-refractivity contribution in [2.45, 2.75) is 25.4 Å². The van der Waals surface area contributed by atoms with Crippen molar-refractivity contribution in [2.24, 2.45) is 0 Å². The highest BCUT2D eigenvalue weighted by Crippen LogP contribution is 2.39. The van der Waals surface area contributed by atoms with E-state index >= 15 is 0 Å². The van der Waals surface area contributed by atoms with Crippen molar-refractivity contribution in [3.05, 3.63) is 114 Å². The predicted octanol–water partition coefficient (Wildman–Crippen LogP) is 5.32. The lowest BCUT2D eigenvalue weighted by atomic mass is 10.0.